The molecule has 0 bridgehead atoms. The third-order valence-electron chi connectivity index (χ3n) is 18.5. The molecule has 0 aliphatic rings. The third-order valence-corrected chi connectivity index (χ3v) is 20.4. The summed E-state index contributed by atoms with van der Waals surface area (Å²) in [5, 5.41) is 10.6. The van der Waals surface area contributed by atoms with Gasteiger partial charge in [-0.25, -0.2) is 9.13 Å². The molecule has 17 nitrogen and oxygen atoms in total. The van der Waals surface area contributed by atoms with Gasteiger partial charge in [0.25, 0.3) is 0 Å². The lowest BCUT2D eigenvalue weighted by molar-refractivity contribution is -0.161. The van der Waals surface area contributed by atoms with Crippen LogP contribution in [-0.2, 0) is 65.4 Å². The van der Waals surface area contributed by atoms with Crippen molar-refractivity contribution in [2.75, 3.05) is 39.6 Å². The van der Waals surface area contributed by atoms with E-state index in [1.165, 1.54) is 167 Å². The molecular formula is C79H150O17P2. The average molecular weight is 1430 g/mol. The highest BCUT2D eigenvalue weighted by molar-refractivity contribution is 7.47. The SMILES string of the molecule is CCCCCC/C=C\C=C/CCCCCCCC(=O)OC[C@H](COP(=O)(O)OC[C@@H](O)COP(=O)(O)OC[C@@H](COC(=O)CCCCCCCCC(C)CC)OC(=O)CCCCCCCCCCCCCCCCCCCCC(C)CC)OC(=O)CCCCCCCCCCC(C)C. The van der Waals surface area contributed by atoms with E-state index >= 15 is 0 Å². The van der Waals surface area contributed by atoms with Gasteiger partial charge in [0.2, 0.25) is 0 Å². The molecule has 0 rings (SSSR count). The Morgan fingerprint density at radius 2 is 0.602 bits per heavy atom. The van der Waals surface area contributed by atoms with Gasteiger partial charge in [-0.15, -0.1) is 0 Å². The van der Waals surface area contributed by atoms with E-state index in [2.05, 4.69) is 72.8 Å². The fraction of sp³-hybridized carbons (Fsp3) is 0.899. The van der Waals surface area contributed by atoms with Gasteiger partial charge in [0, 0.05) is 25.7 Å². The minimum absolute atomic E-state index is 0.0974. The molecule has 0 aromatic heterocycles. The van der Waals surface area contributed by atoms with Gasteiger partial charge in [-0.2, -0.15) is 0 Å². The van der Waals surface area contributed by atoms with Gasteiger partial charge in [0.1, 0.15) is 19.3 Å². The maximum atomic E-state index is 13.1. The van der Waals surface area contributed by atoms with Crippen molar-refractivity contribution >= 4 is 39.5 Å². The van der Waals surface area contributed by atoms with Crippen molar-refractivity contribution in [3.63, 3.8) is 0 Å². The highest BCUT2D eigenvalue weighted by Gasteiger charge is 2.30. The van der Waals surface area contributed by atoms with Crippen LogP contribution >= 0.6 is 15.6 Å². The fourth-order valence-electron chi connectivity index (χ4n) is 11.5. The van der Waals surface area contributed by atoms with Crippen LogP contribution in [0.2, 0.25) is 0 Å². The van der Waals surface area contributed by atoms with Crippen LogP contribution in [-0.4, -0.2) is 96.7 Å². The summed E-state index contributed by atoms with van der Waals surface area (Å²) in [4.78, 5) is 72.8. The Hall–Kier alpha value is -2.46. The van der Waals surface area contributed by atoms with Crippen LogP contribution in [0.1, 0.15) is 382 Å². The zero-order valence-electron chi connectivity index (χ0n) is 63.7. The number of carbonyl (C=O) groups is 4. The summed E-state index contributed by atoms with van der Waals surface area (Å²) in [5.74, 6) is 0.165. The maximum absolute atomic E-state index is 13.1. The monoisotopic (exact) mass is 1430 g/mol. The van der Waals surface area contributed by atoms with Crippen LogP contribution < -0.4 is 0 Å². The van der Waals surface area contributed by atoms with Crippen molar-refractivity contribution < 1.29 is 80.2 Å². The summed E-state index contributed by atoms with van der Waals surface area (Å²) in [6.45, 7) is 11.8. The molecule has 3 N–H and O–H groups in total. The summed E-state index contributed by atoms with van der Waals surface area (Å²) in [6.07, 6.45) is 59.2. The molecule has 4 unspecified atom stereocenters. The number of hydrogen-bond acceptors (Lipinski definition) is 15. The molecule has 0 radical (unpaired) electrons. The first-order chi connectivity index (χ1) is 47.3. The maximum Gasteiger partial charge on any atom is 0.472 e. The molecule has 0 aromatic rings. The largest absolute Gasteiger partial charge is 0.472 e. The van der Waals surface area contributed by atoms with E-state index in [-0.39, 0.29) is 25.7 Å². The zero-order valence-corrected chi connectivity index (χ0v) is 65.5. The molecule has 0 saturated heterocycles. The van der Waals surface area contributed by atoms with E-state index in [0.29, 0.717) is 31.6 Å². The number of hydrogen-bond donors (Lipinski definition) is 3. The molecule has 0 saturated carbocycles. The van der Waals surface area contributed by atoms with E-state index in [9.17, 15) is 43.2 Å². The van der Waals surface area contributed by atoms with Crippen LogP contribution in [0.25, 0.3) is 0 Å². The average Bonchev–Trinajstić information content (AvgIpc) is 0.957. The highest BCUT2D eigenvalue weighted by atomic mass is 31.2. The van der Waals surface area contributed by atoms with Gasteiger partial charge >= 0.3 is 39.5 Å². The van der Waals surface area contributed by atoms with E-state index in [1.54, 1.807) is 0 Å². The molecule has 98 heavy (non-hydrogen) atoms. The van der Waals surface area contributed by atoms with Crippen LogP contribution in [0, 0.1) is 17.8 Å². The minimum Gasteiger partial charge on any atom is -0.462 e. The number of aliphatic hydroxyl groups is 1. The second-order valence-electron chi connectivity index (χ2n) is 28.7. The lowest BCUT2D eigenvalue weighted by Crippen LogP contribution is -2.30. The first-order valence-corrected chi connectivity index (χ1v) is 43.2. The van der Waals surface area contributed by atoms with Gasteiger partial charge in [-0.3, -0.25) is 37.3 Å². The molecule has 0 heterocycles. The summed E-state index contributed by atoms with van der Waals surface area (Å²) in [5.41, 5.74) is 0. The number of carbonyl (C=O) groups excluding carboxylic acids is 4. The van der Waals surface area contributed by atoms with Gasteiger partial charge in [-0.1, -0.05) is 330 Å². The lowest BCUT2D eigenvalue weighted by atomic mass is 9.99. The number of aliphatic hydroxyl groups excluding tert-OH is 1. The second-order valence-corrected chi connectivity index (χ2v) is 31.6. The molecule has 0 aromatic carbocycles. The van der Waals surface area contributed by atoms with Crippen LogP contribution in [0.15, 0.2) is 24.3 Å². The van der Waals surface area contributed by atoms with Crippen LogP contribution in [0.4, 0.5) is 0 Å². The van der Waals surface area contributed by atoms with Crippen molar-refractivity contribution in [2.45, 2.75) is 401 Å². The summed E-state index contributed by atoms with van der Waals surface area (Å²) >= 11 is 0. The molecule has 0 aliphatic heterocycles. The Kier molecular flexibility index (Phi) is 67.2. The summed E-state index contributed by atoms with van der Waals surface area (Å²) in [7, 11) is -9.93. The number of phosphoric acid groups is 2. The van der Waals surface area contributed by atoms with Gasteiger partial charge in [0.15, 0.2) is 12.2 Å². The summed E-state index contributed by atoms with van der Waals surface area (Å²) in [6, 6.07) is 0. The fourth-order valence-corrected chi connectivity index (χ4v) is 13.1. The number of ether oxygens (including phenoxy) is 4. The van der Waals surface area contributed by atoms with Crippen molar-refractivity contribution in [3.8, 4) is 0 Å². The summed E-state index contributed by atoms with van der Waals surface area (Å²) < 4.78 is 68.5. The van der Waals surface area contributed by atoms with Crippen molar-refractivity contribution in [2.24, 2.45) is 17.8 Å². The Morgan fingerprint density at radius 1 is 0.337 bits per heavy atom. The number of rotatable bonds is 75. The molecular weight excluding hydrogens is 1280 g/mol. The molecule has 0 fully saturated rings. The van der Waals surface area contributed by atoms with E-state index < -0.39 is 97.5 Å². The van der Waals surface area contributed by atoms with Gasteiger partial charge < -0.3 is 33.8 Å². The number of allylic oxidation sites excluding steroid dienone is 4. The van der Waals surface area contributed by atoms with Crippen molar-refractivity contribution in [1.82, 2.24) is 0 Å². The van der Waals surface area contributed by atoms with E-state index in [1.807, 2.05) is 0 Å². The standard InChI is InChI=1S/C79H150O17P2/c1-8-11-12-13-14-15-16-17-22-26-29-32-38-46-53-60-76(81)89-66-74(96-79(84)63-56-49-40-35-34-36-43-50-57-70(4)5)68-93-97(85,86)91-64-73(80)65-92-98(87,88)94-69-75(67-90-77(82)61-54-47-42-41-45-52-59-72(7)10-3)95-78(83)62-55-48-39-33-30-27-24-21-19-18-20-23-25-28-31-37-44-51-58-71(6)9-2/h15-17,22,70-75,80H,8-14,18-21,23-69H2,1-7H3,(H,85,86)(H,87,88)/b16-15-,22-17-/t71?,72?,73-,74-,75-/m1/s1. The predicted octanol–water partition coefficient (Wildman–Crippen LogP) is 22.9. The van der Waals surface area contributed by atoms with Gasteiger partial charge in [0.05, 0.1) is 26.4 Å². The number of unbranched alkanes of at least 4 members (excludes halogenated alkanes) is 38. The molecule has 19 heteroatoms. The molecule has 578 valence electrons. The Labute approximate surface area is 599 Å². The lowest BCUT2D eigenvalue weighted by Gasteiger charge is -2.21. The molecule has 7 atom stereocenters. The zero-order chi connectivity index (χ0) is 72.3. The number of phosphoric ester groups is 2. The van der Waals surface area contributed by atoms with Crippen LogP contribution in [0.3, 0.4) is 0 Å². The number of esters is 4. The first-order valence-electron chi connectivity index (χ1n) is 40.2. The topological polar surface area (TPSA) is 237 Å². The quantitative estimate of drug-likeness (QED) is 0.0169. The highest BCUT2D eigenvalue weighted by Crippen LogP contribution is 2.45. The Bertz CT molecular complexity index is 2000. The smallest absolute Gasteiger partial charge is 0.462 e. The predicted molar refractivity (Wildman–Crippen MR) is 400 cm³/mol. The minimum atomic E-state index is -4.96. The van der Waals surface area contributed by atoms with Crippen molar-refractivity contribution in [1.29, 1.82) is 0 Å². The molecule has 0 spiro atoms. The third kappa shape index (κ3) is 69.3. The molecule has 0 amide bonds. The first kappa shape index (κ1) is 95.5. The van der Waals surface area contributed by atoms with E-state index in [4.69, 9.17) is 37.0 Å². The second kappa shape index (κ2) is 68.9. The Balaban J connectivity index is 5.20. The molecule has 0 aliphatic carbocycles. The van der Waals surface area contributed by atoms with Crippen molar-refractivity contribution in [3.05, 3.63) is 24.3 Å². The van der Waals surface area contributed by atoms with Crippen LogP contribution in [0.5, 0.6) is 0 Å². The Morgan fingerprint density at radius 3 is 0.908 bits per heavy atom. The van der Waals surface area contributed by atoms with Gasteiger partial charge in [-0.05, 0) is 69.1 Å². The normalized spacial score (nSPS) is 14.7. The van der Waals surface area contributed by atoms with E-state index in [0.717, 1.165) is 127 Å².